The first-order valence-electron chi connectivity index (χ1n) is 9.98. The van der Waals surface area contributed by atoms with Crippen molar-refractivity contribution in [2.24, 2.45) is 0 Å². The number of sulfonamides is 1. The molecule has 0 radical (unpaired) electrons. The van der Waals surface area contributed by atoms with E-state index in [9.17, 15) is 13.2 Å². The maximum atomic E-state index is 13.7. The van der Waals surface area contributed by atoms with E-state index in [0.717, 1.165) is 5.56 Å². The molecule has 4 aromatic rings. The van der Waals surface area contributed by atoms with Gasteiger partial charge in [0.05, 0.1) is 17.1 Å². The molecule has 1 aromatic heterocycles. The maximum absolute atomic E-state index is 13.7. The number of carbonyl (C=O) groups excluding carboxylic acids is 1. The third-order valence-electron chi connectivity index (χ3n) is 4.80. The van der Waals surface area contributed by atoms with E-state index in [1.165, 1.54) is 16.4 Å². The second-order valence-electron chi connectivity index (χ2n) is 7.03. The van der Waals surface area contributed by atoms with Gasteiger partial charge in [0.15, 0.2) is 0 Å². The molecule has 4 rings (SSSR count). The van der Waals surface area contributed by atoms with Gasteiger partial charge in [0.2, 0.25) is 0 Å². The summed E-state index contributed by atoms with van der Waals surface area (Å²) in [4.78, 5) is 16.8. The molecule has 0 atom stereocenters. The molecule has 0 aliphatic rings. The zero-order valence-corrected chi connectivity index (χ0v) is 17.9. The highest BCUT2D eigenvalue weighted by molar-refractivity contribution is 7.92. The van der Waals surface area contributed by atoms with E-state index in [2.05, 4.69) is 10.3 Å². The van der Waals surface area contributed by atoms with Gasteiger partial charge in [-0.15, -0.1) is 0 Å². The van der Waals surface area contributed by atoms with Crippen LogP contribution in [0.5, 0.6) is 0 Å². The Bertz CT molecular complexity index is 1300. The molecule has 32 heavy (non-hydrogen) atoms. The average molecular weight is 444 g/mol. The van der Waals surface area contributed by atoms with Crippen molar-refractivity contribution < 1.29 is 13.2 Å². The molecule has 0 bridgehead atoms. The van der Waals surface area contributed by atoms with Gasteiger partial charge in [0.1, 0.15) is 5.82 Å². The summed E-state index contributed by atoms with van der Waals surface area (Å²) in [7, 11) is -3.94. The van der Waals surface area contributed by atoms with Crippen molar-refractivity contribution in [1.29, 1.82) is 0 Å². The summed E-state index contributed by atoms with van der Waals surface area (Å²) in [6.45, 7) is 0.164. The molecule has 0 saturated heterocycles. The lowest BCUT2D eigenvalue weighted by molar-refractivity contribution is 0.102. The summed E-state index contributed by atoms with van der Waals surface area (Å²) >= 11 is 0. The number of hydrogen-bond donors (Lipinski definition) is 1. The van der Waals surface area contributed by atoms with Crippen molar-refractivity contribution in [3.05, 3.63) is 120 Å². The van der Waals surface area contributed by atoms with Crippen molar-refractivity contribution in [2.45, 2.75) is 11.4 Å². The van der Waals surface area contributed by atoms with Gasteiger partial charge in [-0.3, -0.25) is 9.10 Å². The molecule has 0 saturated carbocycles. The van der Waals surface area contributed by atoms with Crippen molar-refractivity contribution in [1.82, 2.24) is 4.98 Å². The van der Waals surface area contributed by atoms with Gasteiger partial charge < -0.3 is 5.32 Å². The van der Waals surface area contributed by atoms with Crippen LogP contribution >= 0.6 is 0 Å². The van der Waals surface area contributed by atoms with Crippen LogP contribution < -0.4 is 9.62 Å². The summed E-state index contributed by atoms with van der Waals surface area (Å²) in [5, 5.41) is 2.68. The Morgan fingerprint density at radius 2 is 1.50 bits per heavy atom. The SMILES string of the molecule is O=C(Nc1ccccn1)c1cccc(S(=O)(=O)N(Cc2ccccc2)c2ccccc2)c1. The summed E-state index contributed by atoms with van der Waals surface area (Å²) in [6.07, 6.45) is 1.57. The Labute approximate surface area is 187 Å². The van der Waals surface area contributed by atoms with Crippen molar-refractivity contribution in [3.8, 4) is 0 Å². The van der Waals surface area contributed by atoms with Crippen molar-refractivity contribution in [2.75, 3.05) is 9.62 Å². The van der Waals surface area contributed by atoms with E-state index >= 15 is 0 Å². The fourth-order valence-electron chi connectivity index (χ4n) is 3.21. The van der Waals surface area contributed by atoms with Gasteiger partial charge in [-0.05, 0) is 48.0 Å². The quantitative estimate of drug-likeness (QED) is 0.448. The van der Waals surface area contributed by atoms with Crippen LogP contribution in [0.15, 0.2) is 114 Å². The molecule has 7 heteroatoms. The molecule has 0 aliphatic heterocycles. The number of rotatable bonds is 7. The third-order valence-corrected chi connectivity index (χ3v) is 6.57. The molecule has 160 valence electrons. The van der Waals surface area contributed by atoms with E-state index in [1.54, 1.807) is 60.8 Å². The maximum Gasteiger partial charge on any atom is 0.264 e. The van der Waals surface area contributed by atoms with Gasteiger partial charge in [0, 0.05) is 11.8 Å². The third kappa shape index (κ3) is 4.84. The molecule has 1 amide bonds. The van der Waals surface area contributed by atoms with Crippen LogP contribution in [0.1, 0.15) is 15.9 Å². The molecular weight excluding hydrogens is 422 g/mol. The molecule has 1 heterocycles. The normalized spacial score (nSPS) is 11.0. The smallest absolute Gasteiger partial charge is 0.264 e. The van der Waals surface area contributed by atoms with Crippen LogP contribution in [0.3, 0.4) is 0 Å². The molecule has 6 nitrogen and oxygen atoms in total. The highest BCUT2D eigenvalue weighted by Crippen LogP contribution is 2.26. The molecule has 0 unspecified atom stereocenters. The number of carbonyl (C=O) groups is 1. The Hall–Kier alpha value is -3.97. The van der Waals surface area contributed by atoms with E-state index in [1.807, 2.05) is 36.4 Å². The zero-order valence-electron chi connectivity index (χ0n) is 17.1. The predicted molar refractivity (Wildman–Crippen MR) is 125 cm³/mol. The summed E-state index contributed by atoms with van der Waals surface area (Å²) in [5.41, 5.74) is 1.62. The summed E-state index contributed by atoms with van der Waals surface area (Å²) in [5.74, 6) is -0.0455. The first-order chi connectivity index (χ1) is 15.5. The molecule has 1 N–H and O–H groups in total. The minimum Gasteiger partial charge on any atom is -0.307 e. The Morgan fingerprint density at radius 1 is 0.812 bits per heavy atom. The van der Waals surface area contributed by atoms with Gasteiger partial charge in [-0.25, -0.2) is 13.4 Å². The van der Waals surface area contributed by atoms with Crippen LogP contribution in [0.25, 0.3) is 0 Å². The second-order valence-corrected chi connectivity index (χ2v) is 8.89. The monoisotopic (exact) mass is 443 g/mol. The summed E-state index contributed by atoms with van der Waals surface area (Å²) in [6, 6.07) is 29.5. The molecule has 3 aromatic carbocycles. The Kier molecular flexibility index (Phi) is 6.28. The van der Waals surface area contributed by atoms with Crippen LogP contribution in [0.2, 0.25) is 0 Å². The number of benzene rings is 3. The number of nitrogens with one attached hydrogen (secondary N) is 1. The Morgan fingerprint density at radius 3 is 2.19 bits per heavy atom. The largest absolute Gasteiger partial charge is 0.307 e. The summed E-state index contributed by atoms with van der Waals surface area (Å²) < 4.78 is 28.6. The van der Waals surface area contributed by atoms with Crippen LogP contribution in [-0.4, -0.2) is 19.3 Å². The van der Waals surface area contributed by atoms with E-state index < -0.39 is 15.9 Å². The van der Waals surface area contributed by atoms with Crippen LogP contribution in [-0.2, 0) is 16.6 Å². The molecule has 0 aliphatic carbocycles. The number of anilines is 2. The fraction of sp³-hybridized carbons (Fsp3) is 0.0400. The van der Waals surface area contributed by atoms with E-state index in [0.29, 0.717) is 11.5 Å². The number of hydrogen-bond acceptors (Lipinski definition) is 4. The van der Waals surface area contributed by atoms with E-state index in [-0.39, 0.29) is 17.0 Å². The number of pyridine rings is 1. The fourth-order valence-corrected chi connectivity index (χ4v) is 4.71. The predicted octanol–water partition coefficient (Wildman–Crippen LogP) is 4.73. The average Bonchev–Trinajstić information content (AvgIpc) is 2.84. The van der Waals surface area contributed by atoms with Gasteiger partial charge in [0.25, 0.3) is 15.9 Å². The molecule has 0 fully saturated rings. The van der Waals surface area contributed by atoms with Crippen LogP contribution in [0, 0.1) is 0 Å². The Balaban J connectivity index is 1.68. The topological polar surface area (TPSA) is 79.4 Å². The highest BCUT2D eigenvalue weighted by Gasteiger charge is 2.26. The molecular formula is C25H21N3O3S. The van der Waals surface area contributed by atoms with Gasteiger partial charge >= 0.3 is 0 Å². The molecule has 0 spiro atoms. The van der Waals surface area contributed by atoms with Crippen LogP contribution in [0.4, 0.5) is 11.5 Å². The lowest BCUT2D eigenvalue weighted by Gasteiger charge is -2.25. The van der Waals surface area contributed by atoms with Gasteiger partial charge in [-0.2, -0.15) is 0 Å². The van der Waals surface area contributed by atoms with Crippen molar-refractivity contribution in [3.63, 3.8) is 0 Å². The van der Waals surface area contributed by atoms with Gasteiger partial charge in [-0.1, -0.05) is 60.7 Å². The number of amides is 1. The van der Waals surface area contributed by atoms with E-state index in [4.69, 9.17) is 0 Å². The number of para-hydroxylation sites is 1. The lowest BCUT2D eigenvalue weighted by Crippen LogP contribution is -2.30. The first-order valence-corrected chi connectivity index (χ1v) is 11.4. The number of aromatic nitrogens is 1. The second kappa shape index (κ2) is 9.45. The van der Waals surface area contributed by atoms with Crippen molar-refractivity contribution >= 4 is 27.4 Å². The first kappa shape index (κ1) is 21.3. The minimum absolute atomic E-state index is 0.0333. The minimum atomic E-state index is -3.94. The lowest BCUT2D eigenvalue weighted by atomic mass is 10.2. The number of nitrogens with zero attached hydrogens (tertiary/aromatic N) is 2. The zero-order chi connectivity index (χ0) is 22.4. The standard InChI is InChI=1S/C25H21N3O3S/c29-25(27-24-16-7-8-17-26-24)21-12-9-15-23(18-21)32(30,31)28(22-13-5-2-6-14-22)19-20-10-3-1-4-11-20/h1-18H,19H2,(H,26,27,29). The highest BCUT2D eigenvalue weighted by atomic mass is 32.2.